The minimum atomic E-state index is 0.650. The summed E-state index contributed by atoms with van der Waals surface area (Å²) in [6.45, 7) is 3.75. The van der Waals surface area contributed by atoms with Gasteiger partial charge in [-0.2, -0.15) is 0 Å². The largest absolute Gasteiger partial charge is 0.493 e. The lowest BCUT2D eigenvalue weighted by Crippen LogP contribution is -2.46. The van der Waals surface area contributed by atoms with E-state index in [-0.39, 0.29) is 0 Å². The number of hydrogen-bond acceptors (Lipinski definition) is 6. The number of piperazine rings is 1. The first-order chi connectivity index (χ1) is 12.8. The summed E-state index contributed by atoms with van der Waals surface area (Å²) < 4.78 is 10.9. The van der Waals surface area contributed by atoms with E-state index in [2.05, 4.69) is 50.1 Å². The average Bonchev–Trinajstić information content (AvgIpc) is 2.73. The second kappa shape index (κ2) is 7.07. The standard InChI is InChI=1S/C20H22N4O2/c1-25-17-9-8-16-18(19(17)26-2)21-14-22-20(16)24-12-10-23(11-13-24)15-6-4-3-5-7-15/h3-9,14H,10-13H2,1-2H3. The Morgan fingerprint density at radius 2 is 1.54 bits per heavy atom. The molecule has 3 aromatic rings. The van der Waals surface area contributed by atoms with E-state index < -0.39 is 0 Å². The molecular weight excluding hydrogens is 328 g/mol. The fourth-order valence-corrected chi connectivity index (χ4v) is 3.50. The molecule has 1 aliphatic heterocycles. The normalized spacial score (nSPS) is 14.5. The molecule has 0 bridgehead atoms. The van der Waals surface area contributed by atoms with E-state index in [4.69, 9.17) is 9.47 Å². The van der Waals surface area contributed by atoms with Gasteiger partial charge in [0.2, 0.25) is 0 Å². The third kappa shape index (κ3) is 2.87. The predicted octanol–water partition coefficient (Wildman–Crippen LogP) is 2.97. The van der Waals surface area contributed by atoms with Crippen LogP contribution in [-0.2, 0) is 0 Å². The van der Waals surface area contributed by atoms with Crippen LogP contribution >= 0.6 is 0 Å². The van der Waals surface area contributed by atoms with Crippen LogP contribution < -0.4 is 19.3 Å². The number of benzene rings is 2. The Hall–Kier alpha value is -3.02. The fraction of sp³-hybridized carbons (Fsp3) is 0.300. The number of ether oxygens (including phenoxy) is 2. The smallest absolute Gasteiger partial charge is 0.187 e. The van der Waals surface area contributed by atoms with Gasteiger partial charge in [0.1, 0.15) is 17.7 Å². The minimum Gasteiger partial charge on any atom is -0.493 e. The molecule has 6 nitrogen and oxygen atoms in total. The van der Waals surface area contributed by atoms with Gasteiger partial charge in [0, 0.05) is 37.3 Å². The topological polar surface area (TPSA) is 50.7 Å². The Kier molecular flexibility index (Phi) is 4.48. The number of hydrogen-bond donors (Lipinski definition) is 0. The lowest BCUT2D eigenvalue weighted by atomic mass is 10.1. The molecule has 0 amide bonds. The quantitative estimate of drug-likeness (QED) is 0.721. The summed E-state index contributed by atoms with van der Waals surface area (Å²) in [4.78, 5) is 13.7. The zero-order chi connectivity index (χ0) is 17.9. The van der Waals surface area contributed by atoms with E-state index in [0.717, 1.165) is 42.9 Å². The molecule has 0 spiro atoms. The van der Waals surface area contributed by atoms with E-state index in [0.29, 0.717) is 11.5 Å². The van der Waals surface area contributed by atoms with Crippen molar-refractivity contribution in [2.24, 2.45) is 0 Å². The Morgan fingerprint density at radius 3 is 2.23 bits per heavy atom. The molecule has 0 aliphatic carbocycles. The maximum absolute atomic E-state index is 5.52. The third-order valence-electron chi connectivity index (χ3n) is 4.83. The van der Waals surface area contributed by atoms with Crippen LogP contribution in [0.4, 0.5) is 11.5 Å². The lowest BCUT2D eigenvalue weighted by molar-refractivity contribution is 0.358. The molecule has 0 radical (unpaired) electrons. The highest BCUT2D eigenvalue weighted by Gasteiger charge is 2.21. The Morgan fingerprint density at radius 1 is 0.808 bits per heavy atom. The van der Waals surface area contributed by atoms with Crippen LogP contribution in [0, 0.1) is 0 Å². The van der Waals surface area contributed by atoms with Gasteiger partial charge in [0.25, 0.3) is 0 Å². The first kappa shape index (κ1) is 16.4. The van der Waals surface area contributed by atoms with Crippen molar-refractivity contribution in [3.05, 3.63) is 48.8 Å². The van der Waals surface area contributed by atoms with E-state index in [1.807, 2.05) is 12.1 Å². The molecule has 1 aliphatic rings. The second-order valence-corrected chi connectivity index (χ2v) is 6.20. The van der Waals surface area contributed by atoms with Crippen LogP contribution in [0.1, 0.15) is 0 Å². The van der Waals surface area contributed by atoms with Gasteiger partial charge in [0.15, 0.2) is 11.5 Å². The third-order valence-corrected chi connectivity index (χ3v) is 4.83. The monoisotopic (exact) mass is 350 g/mol. The first-order valence-corrected chi connectivity index (χ1v) is 8.72. The maximum atomic E-state index is 5.52. The van der Waals surface area contributed by atoms with Crippen LogP contribution in [0.3, 0.4) is 0 Å². The number of fused-ring (bicyclic) bond motifs is 1. The Bertz CT molecular complexity index is 893. The van der Waals surface area contributed by atoms with Gasteiger partial charge in [-0.3, -0.25) is 0 Å². The zero-order valence-electron chi connectivity index (χ0n) is 15.1. The van der Waals surface area contributed by atoms with Crippen molar-refractivity contribution in [1.82, 2.24) is 9.97 Å². The van der Waals surface area contributed by atoms with Gasteiger partial charge < -0.3 is 19.3 Å². The van der Waals surface area contributed by atoms with Crippen LogP contribution in [0.5, 0.6) is 11.5 Å². The van der Waals surface area contributed by atoms with Crippen molar-refractivity contribution in [2.45, 2.75) is 0 Å². The molecule has 0 atom stereocenters. The number of nitrogens with zero attached hydrogens (tertiary/aromatic N) is 4. The molecule has 0 unspecified atom stereocenters. The fourth-order valence-electron chi connectivity index (χ4n) is 3.50. The number of anilines is 2. The zero-order valence-corrected chi connectivity index (χ0v) is 15.1. The molecule has 2 heterocycles. The highest BCUT2D eigenvalue weighted by Crippen LogP contribution is 2.37. The van der Waals surface area contributed by atoms with E-state index in [1.165, 1.54) is 5.69 Å². The Balaban J connectivity index is 1.62. The predicted molar refractivity (Wildman–Crippen MR) is 104 cm³/mol. The lowest BCUT2D eigenvalue weighted by Gasteiger charge is -2.37. The summed E-state index contributed by atoms with van der Waals surface area (Å²) in [5, 5.41) is 0.985. The van der Waals surface area contributed by atoms with Crippen molar-refractivity contribution in [2.75, 3.05) is 50.2 Å². The van der Waals surface area contributed by atoms with Gasteiger partial charge in [-0.25, -0.2) is 9.97 Å². The Labute approximate surface area is 153 Å². The highest BCUT2D eigenvalue weighted by atomic mass is 16.5. The summed E-state index contributed by atoms with van der Waals surface area (Å²) >= 11 is 0. The molecule has 6 heteroatoms. The molecule has 1 aromatic heterocycles. The molecule has 0 saturated carbocycles. The van der Waals surface area contributed by atoms with Gasteiger partial charge in [0.05, 0.1) is 14.2 Å². The van der Waals surface area contributed by atoms with Gasteiger partial charge in [-0.1, -0.05) is 18.2 Å². The van der Waals surface area contributed by atoms with E-state index >= 15 is 0 Å². The molecule has 26 heavy (non-hydrogen) atoms. The summed E-state index contributed by atoms with van der Waals surface area (Å²) in [6.07, 6.45) is 1.60. The molecule has 134 valence electrons. The van der Waals surface area contributed by atoms with Crippen LogP contribution in [0.15, 0.2) is 48.8 Å². The van der Waals surface area contributed by atoms with E-state index in [9.17, 15) is 0 Å². The SMILES string of the molecule is COc1ccc2c(N3CCN(c4ccccc4)CC3)ncnc2c1OC. The van der Waals surface area contributed by atoms with Gasteiger partial charge in [-0.15, -0.1) is 0 Å². The molecule has 4 rings (SSSR count). The van der Waals surface area contributed by atoms with Crippen LogP contribution in [-0.4, -0.2) is 50.4 Å². The van der Waals surface area contributed by atoms with Crippen molar-refractivity contribution >= 4 is 22.4 Å². The van der Waals surface area contributed by atoms with Gasteiger partial charge >= 0.3 is 0 Å². The van der Waals surface area contributed by atoms with Gasteiger partial charge in [-0.05, 0) is 24.3 Å². The summed E-state index contributed by atoms with van der Waals surface area (Å²) in [5.74, 6) is 2.28. The second-order valence-electron chi connectivity index (χ2n) is 6.20. The van der Waals surface area contributed by atoms with Crippen molar-refractivity contribution in [1.29, 1.82) is 0 Å². The number of aromatic nitrogens is 2. The molecule has 1 fully saturated rings. The summed E-state index contributed by atoms with van der Waals surface area (Å²) in [6, 6.07) is 14.5. The molecular formula is C20H22N4O2. The van der Waals surface area contributed by atoms with Crippen LogP contribution in [0.2, 0.25) is 0 Å². The number of rotatable bonds is 4. The molecule has 0 N–H and O–H groups in total. The average molecular weight is 350 g/mol. The number of methoxy groups -OCH3 is 2. The van der Waals surface area contributed by atoms with Crippen molar-refractivity contribution in [3.63, 3.8) is 0 Å². The van der Waals surface area contributed by atoms with E-state index in [1.54, 1.807) is 20.5 Å². The maximum Gasteiger partial charge on any atom is 0.187 e. The number of para-hydroxylation sites is 1. The van der Waals surface area contributed by atoms with Crippen LogP contribution in [0.25, 0.3) is 10.9 Å². The molecule has 2 aromatic carbocycles. The molecule has 1 saturated heterocycles. The summed E-state index contributed by atoms with van der Waals surface area (Å²) in [5.41, 5.74) is 2.05. The highest BCUT2D eigenvalue weighted by molar-refractivity contribution is 5.95. The minimum absolute atomic E-state index is 0.650. The first-order valence-electron chi connectivity index (χ1n) is 8.72. The summed E-state index contributed by atoms with van der Waals surface area (Å²) in [7, 11) is 3.27. The van der Waals surface area contributed by atoms with Crippen molar-refractivity contribution in [3.8, 4) is 11.5 Å². The van der Waals surface area contributed by atoms with Crippen molar-refractivity contribution < 1.29 is 9.47 Å².